The number of carbonyl (C=O) groups excluding carboxylic acids is 1. The number of aryl methyl sites for hydroxylation is 1. The van der Waals surface area contributed by atoms with Crippen molar-refractivity contribution in [3.8, 4) is 5.69 Å². The van der Waals surface area contributed by atoms with Crippen molar-refractivity contribution in [3.63, 3.8) is 0 Å². The number of H-pyrrole nitrogens is 1. The minimum atomic E-state index is -3.04. The van der Waals surface area contributed by atoms with Gasteiger partial charge in [0.1, 0.15) is 34.0 Å². The number of carbonyl (C=O) groups is 1. The third-order valence-electron chi connectivity index (χ3n) is 6.06. The lowest BCUT2D eigenvalue weighted by Gasteiger charge is -2.22. The lowest BCUT2D eigenvalue weighted by atomic mass is 9.86. The summed E-state index contributed by atoms with van der Waals surface area (Å²) >= 11 is 0. The van der Waals surface area contributed by atoms with Crippen molar-refractivity contribution in [2.75, 3.05) is 23.9 Å². The van der Waals surface area contributed by atoms with Crippen molar-refractivity contribution in [1.82, 2.24) is 40.5 Å². The molecule has 0 saturated heterocycles. The molecule has 5 rings (SSSR count). The van der Waals surface area contributed by atoms with Crippen LogP contribution in [0, 0.1) is 5.92 Å². The Bertz CT molecular complexity index is 1460. The van der Waals surface area contributed by atoms with Gasteiger partial charge in [-0.25, -0.2) is 23.1 Å². The summed E-state index contributed by atoms with van der Waals surface area (Å²) in [7, 11) is -3.04. The third kappa shape index (κ3) is 5.14. The Balaban J connectivity index is 1.35. The van der Waals surface area contributed by atoms with E-state index < -0.39 is 9.84 Å². The molecule has 0 unspecified atom stereocenters. The maximum Gasteiger partial charge on any atom is 0.223 e. The third-order valence-corrected chi connectivity index (χ3v) is 7.09. The number of hydrogen-bond acceptors (Lipinski definition) is 9. The second-order valence-corrected chi connectivity index (χ2v) is 10.9. The molecular weight excluding hydrogens is 470 g/mol. The summed E-state index contributed by atoms with van der Waals surface area (Å²) in [5.74, 6) is 0.455. The van der Waals surface area contributed by atoms with Gasteiger partial charge in [-0.2, -0.15) is 0 Å². The molecule has 3 aromatic heterocycles. The lowest BCUT2D eigenvalue weighted by molar-refractivity contribution is -0.125. The van der Waals surface area contributed by atoms with Gasteiger partial charge in [0.05, 0.1) is 16.8 Å². The predicted molar refractivity (Wildman–Crippen MR) is 129 cm³/mol. The number of aromatic amines is 1. The molecule has 182 valence electrons. The summed E-state index contributed by atoms with van der Waals surface area (Å²) in [5, 5.41) is 18.4. The van der Waals surface area contributed by atoms with Crippen molar-refractivity contribution in [2.45, 2.75) is 25.7 Å². The smallest absolute Gasteiger partial charge is 0.223 e. The van der Waals surface area contributed by atoms with Crippen LogP contribution < -0.4 is 10.6 Å². The van der Waals surface area contributed by atoms with E-state index in [4.69, 9.17) is 0 Å². The number of amides is 1. The van der Waals surface area contributed by atoms with Crippen molar-refractivity contribution in [1.29, 1.82) is 0 Å². The Morgan fingerprint density at radius 3 is 2.97 bits per heavy atom. The SMILES string of the molecule is CS(=O)(=O)CCCNC(=O)[C@H]1CCc2[nH]c3ncnc(Nc4cccc(-n5cnnn5)c4)c3c2C1. The van der Waals surface area contributed by atoms with Gasteiger partial charge in [-0.3, -0.25) is 4.79 Å². The van der Waals surface area contributed by atoms with Gasteiger partial charge in [0, 0.05) is 30.1 Å². The van der Waals surface area contributed by atoms with Crippen LogP contribution in [0.4, 0.5) is 11.5 Å². The highest BCUT2D eigenvalue weighted by Crippen LogP contribution is 2.35. The number of anilines is 2. The van der Waals surface area contributed by atoms with Gasteiger partial charge in [-0.1, -0.05) is 6.07 Å². The molecule has 1 amide bonds. The second-order valence-electron chi connectivity index (χ2n) is 8.67. The molecule has 0 fully saturated rings. The number of rotatable bonds is 8. The first-order valence-electron chi connectivity index (χ1n) is 11.3. The average molecular weight is 496 g/mol. The summed E-state index contributed by atoms with van der Waals surface area (Å²) in [5.41, 5.74) is 4.42. The van der Waals surface area contributed by atoms with Crippen molar-refractivity contribution in [2.24, 2.45) is 5.92 Å². The first kappa shape index (κ1) is 22.9. The second kappa shape index (κ2) is 9.41. The summed E-state index contributed by atoms with van der Waals surface area (Å²) in [6.45, 7) is 0.344. The maximum absolute atomic E-state index is 12.8. The van der Waals surface area contributed by atoms with Crippen molar-refractivity contribution in [3.05, 3.63) is 48.2 Å². The van der Waals surface area contributed by atoms with Crippen LogP contribution in [0.2, 0.25) is 0 Å². The van der Waals surface area contributed by atoms with Gasteiger partial charge in [0.2, 0.25) is 5.91 Å². The summed E-state index contributed by atoms with van der Waals surface area (Å²) in [4.78, 5) is 25.1. The summed E-state index contributed by atoms with van der Waals surface area (Å²) < 4.78 is 24.2. The van der Waals surface area contributed by atoms with Crippen LogP contribution in [-0.2, 0) is 27.5 Å². The molecule has 4 aromatic rings. The molecule has 1 atom stereocenters. The van der Waals surface area contributed by atoms with Crippen LogP contribution in [0.3, 0.4) is 0 Å². The number of nitrogens with one attached hydrogen (secondary N) is 3. The first-order valence-corrected chi connectivity index (χ1v) is 13.3. The number of tetrazole rings is 1. The molecule has 12 nitrogen and oxygen atoms in total. The van der Waals surface area contributed by atoms with Crippen LogP contribution in [-0.4, -0.2) is 68.0 Å². The predicted octanol–water partition coefficient (Wildman–Crippen LogP) is 1.33. The molecule has 1 aliphatic rings. The van der Waals surface area contributed by atoms with E-state index in [-0.39, 0.29) is 17.6 Å². The highest BCUT2D eigenvalue weighted by Gasteiger charge is 2.29. The molecule has 13 heteroatoms. The number of hydrogen-bond donors (Lipinski definition) is 3. The lowest BCUT2D eigenvalue weighted by Crippen LogP contribution is -2.35. The highest BCUT2D eigenvalue weighted by atomic mass is 32.2. The van der Waals surface area contributed by atoms with Crippen molar-refractivity contribution >= 4 is 38.3 Å². The first-order chi connectivity index (χ1) is 16.9. The van der Waals surface area contributed by atoms with E-state index in [0.29, 0.717) is 31.6 Å². The molecule has 1 aliphatic carbocycles. The monoisotopic (exact) mass is 495 g/mol. The van der Waals surface area contributed by atoms with Crippen LogP contribution >= 0.6 is 0 Å². The Kier molecular flexibility index (Phi) is 6.16. The number of fused-ring (bicyclic) bond motifs is 3. The molecule has 3 N–H and O–H groups in total. The number of nitrogens with zero attached hydrogens (tertiary/aromatic N) is 6. The summed E-state index contributed by atoms with van der Waals surface area (Å²) in [6, 6.07) is 7.63. The van der Waals surface area contributed by atoms with Gasteiger partial charge < -0.3 is 15.6 Å². The zero-order valence-electron chi connectivity index (χ0n) is 19.1. The zero-order valence-corrected chi connectivity index (χ0v) is 19.9. The molecule has 35 heavy (non-hydrogen) atoms. The Labute approximate surface area is 201 Å². The van der Waals surface area contributed by atoms with E-state index in [0.717, 1.165) is 40.1 Å². The fourth-order valence-corrected chi connectivity index (χ4v) is 5.06. The molecule has 0 bridgehead atoms. The number of benzene rings is 1. The van der Waals surface area contributed by atoms with E-state index in [1.165, 1.54) is 18.9 Å². The van der Waals surface area contributed by atoms with Gasteiger partial charge in [0.15, 0.2) is 0 Å². The average Bonchev–Trinajstić information content (AvgIpc) is 3.49. The van der Waals surface area contributed by atoms with E-state index >= 15 is 0 Å². The topological polar surface area (TPSA) is 160 Å². The van der Waals surface area contributed by atoms with Crippen molar-refractivity contribution < 1.29 is 13.2 Å². The van der Waals surface area contributed by atoms with E-state index in [1.807, 2.05) is 24.3 Å². The van der Waals surface area contributed by atoms with Gasteiger partial charge in [-0.15, -0.1) is 5.10 Å². The van der Waals surface area contributed by atoms with Crippen LogP contribution in [0.1, 0.15) is 24.1 Å². The molecular formula is C22H25N9O3S. The highest BCUT2D eigenvalue weighted by molar-refractivity contribution is 7.90. The Morgan fingerprint density at radius 2 is 2.17 bits per heavy atom. The Morgan fingerprint density at radius 1 is 1.29 bits per heavy atom. The standard InChI is InChI=1S/C22H25N9O3S/c1-35(33,34)9-3-8-23-22(32)14-6-7-18-17(10-14)19-20(24-12-25-21(19)28-18)27-15-4-2-5-16(11-15)31-13-26-29-30-31/h2,4-5,11-14H,3,6-10H2,1H3,(H,23,32)(H2,24,25,27,28)/t14-/m0/s1. The maximum atomic E-state index is 12.8. The zero-order chi connectivity index (χ0) is 24.4. The quantitative estimate of drug-likeness (QED) is 0.306. The van der Waals surface area contributed by atoms with E-state index in [1.54, 1.807) is 4.68 Å². The minimum Gasteiger partial charge on any atom is -0.356 e. The van der Waals surface area contributed by atoms with Crippen LogP contribution in [0.15, 0.2) is 36.9 Å². The largest absolute Gasteiger partial charge is 0.356 e. The fraction of sp³-hybridized carbons (Fsp3) is 0.364. The molecule has 0 aliphatic heterocycles. The number of aromatic nitrogens is 7. The van der Waals surface area contributed by atoms with Gasteiger partial charge in [0.25, 0.3) is 0 Å². The molecule has 0 saturated carbocycles. The minimum absolute atomic E-state index is 0.0565. The molecule has 1 aromatic carbocycles. The van der Waals surface area contributed by atoms with Crippen LogP contribution in [0.25, 0.3) is 16.7 Å². The number of sulfone groups is 1. The fourth-order valence-electron chi connectivity index (χ4n) is 4.39. The Hall–Kier alpha value is -3.87. The van der Waals surface area contributed by atoms with E-state index in [2.05, 4.69) is 41.1 Å². The van der Waals surface area contributed by atoms with Gasteiger partial charge in [-0.05, 0) is 59.9 Å². The molecule has 0 spiro atoms. The summed E-state index contributed by atoms with van der Waals surface area (Å²) in [6.07, 6.45) is 6.62. The molecule has 0 radical (unpaired) electrons. The van der Waals surface area contributed by atoms with E-state index in [9.17, 15) is 13.2 Å². The van der Waals surface area contributed by atoms with Crippen LogP contribution in [0.5, 0.6) is 0 Å². The van der Waals surface area contributed by atoms with Gasteiger partial charge >= 0.3 is 0 Å². The molecule has 3 heterocycles. The normalized spacial score (nSPS) is 15.6.